The van der Waals surface area contributed by atoms with E-state index in [2.05, 4.69) is 39.0 Å². The normalized spacial score (nSPS) is 15.2. The topological polar surface area (TPSA) is 120 Å². The van der Waals surface area contributed by atoms with E-state index in [-0.39, 0.29) is 18.3 Å². The minimum absolute atomic E-state index is 0.00428. The summed E-state index contributed by atoms with van der Waals surface area (Å²) in [6.07, 6.45) is 1.80. The number of nitrogens with zero attached hydrogens (tertiary/aromatic N) is 1. The highest BCUT2D eigenvalue weighted by Gasteiger charge is 2.39. The van der Waals surface area contributed by atoms with E-state index < -0.39 is 44.7 Å². The van der Waals surface area contributed by atoms with Crippen LogP contribution in [-0.2, 0) is 49.1 Å². The molecular formula is C31H51NO10Si. The molecule has 4 atom stereocenters. The molecule has 244 valence electrons. The molecule has 1 aromatic carbocycles. The molecule has 0 radical (unpaired) electrons. The van der Waals surface area contributed by atoms with Gasteiger partial charge in [0.15, 0.2) is 0 Å². The van der Waals surface area contributed by atoms with Gasteiger partial charge in [0, 0.05) is 13.2 Å². The number of esters is 2. The van der Waals surface area contributed by atoms with Crippen LogP contribution in [0, 0.1) is 0 Å². The van der Waals surface area contributed by atoms with Gasteiger partial charge in [-0.15, -0.1) is 5.16 Å². The van der Waals surface area contributed by atoms with Crippen LogP contribution in [0.5, 0.6) is 5.75 Å². The summed E-state index contributed by atoms with van der Waals surface area (Å²) >= 11 is 0. The second-order valence-electron chi connectivity index (χ2n) is 11.6. The van der Waals surface area contributed by atoms with Gasteiger partial charge in [-0.25, -0.2) is 4.79 Å². The average molecular weight is 626 g/mol. The van der Waals surface area contributed by atoms with Crippen molar-refractivity contribution < 1.29 is 47.3 Å². The first-order chi connectivity index (χ1) is 20.2. The molecule has 0 aliphatic rings. The van der Waals surface area contributed by atoms with E-state index in [1.54, 1.807) is 34.1 Å². The third kappa shape index (κ3) is 16.0. The van der Waals surface area contributed by atoms with Gasteiger partial charge in [-0.3, -0.25) is 4.79 Å². The standard InChI is InChI=1S/C31H51NO10Si/c1-23(19-30(34)41-24(2)20-32-42-43(9,10)31(4,5)6)40-29(33)16-15-28(39-22-37-18-17-35-7)25(3)38-21-26-11-13-27(36-8)14-12-26/h11-16,20,23-25,28H,17-19,21-22H2,1-10H3/b16-15+,32-20+/t23-,24-,25-,28+/m0/s1. The van der Waals surface area contributed by atoms with Crippen LogP contribution in [0.15, 0.2) is 41.6 Å². The Morgan fingerprint density at radius 1 is 0.977 bits per heavy atom. The first-order valence-electron chi connectivity index (χ1n) is 14.4. The van der Waals surface area contributed by atoms with Crippen molar-refractivity contribution in [1.82, 2.24) is 0 Å². The summed E-state index contributed by atoms with van der Waals surface area (Å²) in [6.45, 7) is 16.7. The van der Waals surface area contributed by atoms with Crippen molar-refractivity contribution >= 4 is 26.5 Å². The minimum Gasteiger partial charge on any atom is -0.497 e. The Balaban J connectivity index is 2.63. The molecular weight excluding hydrogens is 574 g/mol. The second kappa shape index (κ2) is 19.5. The van der Waals surface area contributed by atoms with Gasteiger partial charge in [-0.2, -0.15) is 0 Å². The van der Waals surface area contributed by atoms with E-state index in [4.69, 9.17) is 37.7 Å². The molecule has 0 aromatic heterocycles. The van der Waals surface area contributed by atoms with E-state index in [1.165, 1.54) is 12.3 Å². The van der Waals surface area contributed by atoms with Gasteiger partial charge in [-0.1, -0.05) is 32.9 Å². The lowest BCUT2D eigenvalue weighted by Crippen LogP contribution is -2.39. The quantitative estimate of drug-likeness (QED) is 0.0353. The highest BCUT2D eigenvalue weighted by molar-refractivity contribution is 6.74. The molecule has 0 saturated heterocycles. The molecule has 1 aromatic rings. The first-order valence-corrected chi connectivity index (χ1v) is 17.3. The van der Waals surface area contributed by atoms with E-state index in [9.17, 15) is 9.59 Å². The molecule has 0 N–H and O–H groups in total. The van der Waals surface area contributed by atoms with Gasteiger partial charge >= 0.3 is 11.9 Å². The van der Waals surface area contributed by atoms with Crippen molar-refractivity contribution in [3.63, 3.8) is 0 Å². The average Bonchev–Trinajstić information content (AvgIpc) is 2.92. The van der Waals surface area contributed by atoms with Crippen LogP contribution in [0.2, 0.25) is 18.1 Å². The summed E-state index contributed by atoms with van der Waals surface area (Å²) in [4.78, 5) is 24.9. The highest BCUT2D eigenvalue weighted by Crippen LogP contribution is 2.36. The van der Waals surface area contributed by atoms with Crippen LogP contribution < -0.4 is 4.74 Å². The minimum atomic E-state index is -2.05. The number of methoxy groups -OCH3 is 2. The van der Waals surface area contributed by atoms with Crippen LogP contribution in [0.4, 0.5) is 0 Å². The van der Waals surface area contributed by atoms with Crippen LogP contribution in [0.1, 0.15) is 53.5 Å². The molecule has 0 aliphatic heterocycles. The van der Waals surface area contributed by atoms with Crippen LogP contribution >= 0.6 is 0 Å². The van der Waals surface area contributed by atoms with E-state index in [1.807, 2.05) is 31.2 Å². The summed E-state index contributed by atoms with van der Waals surface area (Å²) in [7, 11) is 1.14. The molecule has 0 fully saturated rings. The first kappa shape index (κ1) is 38.3. The summed E-state index contributed by atoms with van der Waals surface area (Å²) in [5.41, 5.74) is 0.954. The predicted molar refractivity (Wildman–Crippen MR) is 166 cm³/mol. The van der Waals surface area contributed by atoms with Crippen molar-refractivity contribution in [3.05, 3.63) is 42.0 Å². The summed E-state index contributed by atoms with van der Waals surface area (Å²) in [6, 6.07) is 7.52. The number of oxime groups is 1. The van der Waals surface area contributed by atoms with Gasteiger partial charge < -0.3 is 37.7 Å². The molecule has 0 unspecified atom stereocenters. The Morgan fingerprint density at radius 3 is 2.26 bits per heavy atom. The Morgan fingerprint density at radius 2 is 1.65 bits per heavy atom. The lowest BCUT2D eigenvalue weighted by Gasteiger charge is -2.33. The molecule has 43 heavy (non-hydrogen) atoms. The number of rotatable bonds is 20. The molecule has 0 heterocycles. The molecule has 0 aliphatic carbocycles. The maximum absolute atomic E-state index is 12.5. The van der Waals surface area contributed by atoms with Crippen molar-refractivity contribution in [1.29, 1.82) is 0 Å². The van der Waals surface area contributed by atoms with Crippen molar-refractivity contribution in [2.75, 3.05) is 34.2 Å². The third-order valence-corrected chi connectivity index (χ3v) is 11.0. The van der Waals surface area contributed by atoms with Crippen LogP contribution in [-0.4, -0.2) is 85.1 Å². The third-order valence-electron chi connectivity index (χ3n) is 6.78. The molecule has 0 bridgehead atoms. The number of benzene rings is 1. The summed E-state index contributed by atoms with van der Waals surface area (Å²) < 4.78 is 43.8. The predicted octanol–water partition coefficient (Wildman–Crippen LogP) is 5.42. The molecule has 11 nitrogen and oxygen atoms in total. The lowest BCUT2D eigenvalue weighted by molar-refractivity contribution is -0.152. The van der Waals surface area contributed by atoms with Crippen LogP contribution in [0.3, 0.4) is 0 Å². The number of hydrogen-bond donors (Lipinski definition) is 0. The largest absolute Gasteiger partial charge is 0.497 e. The summed E-state index contributed by atoms with van der Waals surface area (Å²) in [5, 5.41) is 4.05. The van der Waals surface area contributed by atoms with Gasteiger partial charge in [0.25, 0.3) is 8.32 Å². The number of hydrogen-bond acceptors (Lipinski definition) is 11. The van der Waals surface area contributed by atoms with Gasteiger partial charge in [-0.05, 0) is 62.7 Å². The zero-order chi connectivity index (χ0) is 32.5. The number of carbonyl (C=O) groups excluding carboxylic acids is 2. The Labute approximate surface area is 257 Å². The van der Waals surface area contributed by atoms with Crippen molar-refractivity contribution in [2.24, 2.45) is 5.16 Å². The number of carbonyl (C=O) groups is 2. The molecule has 12 heteroatoms. The lowest BCUT2D eigenvalue weighted by atomic mass is 10.2. The fraction of sp³-hybridized carbons (Fsp3) is 0.645. The van der Waals surface area contributed by atoms with Gasteiger partial charge in [0.1, 0.15) is 30.9 Å². The molecule has 1 rings (SSSR count). The van der Waals surface area contributed by atoms with Crippen LogP contribution in [0.25, 0.3) is 0 Å². The summed E-state index contributed by atoms with van der Waals surface area (Å²) in [5.74, 6) is -0.398. The van der Waals surface area contributed by atoms with E-state index >= 15 is 0 Å². The molecule has 0 saturated carbocycles. The fourth-order valence-electron chi connectivity index (χ4n) is 3.08. The second-order valence-corrected chi connectivity index (χ2v) is 16.3. The Bertz CT molecular complexity index is 1010. The Hall–Kier alpha value is -2.77. The monoisotopic (exact) mass is 625 g/mol. The Kier molecular flexibility index (Phi) is 17.3. The van der Waals surface area contributed by atoms with Crippen molar-refractivity contribution in [3.8, 4) is 5.75 Å². The van der Waals surface area contributed by atoms with Gasteiger partial charge in [0.05, 0.1) is 45.7 Å². The maximum atomic E-state index is 12.5. The molecule has 0 amide bonds. The zero-order valence-electron chi connectivity index (χ0n) is 27.4. The van der Waals surface area contributed by atoms with Crippen molar-refractivity contribution in [2.45, 2.75) is 97.1 Å². The van der Waals surface area contributed by atoms with E-state index in [0.29, 0.717) is 19.8 Å². The maximum Gasteiger partial charge on any atom is 0.330 e. The van der Waals surface area contributed by atoms with E-state index in [0.717, 1.165) is 11.3 Å². The SMILES string of the molecule is COCCOCO[C@H](/C=C/C(=O)O[C@@H](C)CC(=O)O[C@@H](C)/C=N/O[Si](C)(C)C(C)(C)C)[C@H](C)OCc1ccc(OC)cc1. The smallest absolute Gasteiger partial charge is 0.330 e. The molecule has 0 spiro atoms. The fourth-order valence-corrected chi connectivity index (χ4v) is 3.68. The highest BCUT2D eigenvalue weighted by atomic mass is 28.4. The zero-order valence-corrected chi connectivity index (χ0v) is 28.4. The van der Waals surface area contributed by atoms with Gasteiger partial charge in [0.2, 0.25) is 0 Å². The number of ether oxygens (including phenoxy) is 7.